The smallest absolute Gasteiger partial charge is 0.271 e. The van der Waals surface area contributed by atoms with Crippen LogP contribution in [-0.2, 0) is 0 Å². The maximum Gasteiger partial charge on any atom is 0.271 e. The van der Waals surface area contributed by atoms with E-state index in [2.05, 4.69) is 49.0 Å². The number of halogens is 2. The third-order valence-corrected chi connectivity index (χ3v) is 4.00. The Hall–Kier alpha value is -1.41. The van der Waals surface area contributed by atoms with Gasteiger partial charge in [0, 0.05) is 9.13 Å². The summed E-state index contributed by atoms with van der Waals surface area (Å²) in [5.74, 6) is 0.505. The number of carbonyl (C=O) groups excluding carboxylic acids is 1. The second kappa shape index (κ2) is 7.56. The number of benzene rings is 2. The topological polar surface area (TPSA) is 50.7 Å². The van der Waals surface area contributed by atoms with Gasteiger partial charge in [-0.25, -0.2) is 5.43 Å². The Morgan fingerprint density at radius 1 is 1.29 bits per heavy atom. The molecule has 0 aromatic heterocycles. The molecular weight excluding hydrogens is 447 g/mol. The highest BCUT2D eigenvalue weighted by molar-refractivity contribution is 14.1. The van der Waals surface area contributed by atoms with E-state index in [1.54, 1.807) is 25.5 Å². The summed E-state index contributed by atoms with van der Waals surface area (Å²) in [5, 5.41) is 3.95. The summed E-state index contributed by atoms with van der Waals surface area (Å²) in [6.07, 6.45) is 1.58. The first-order valence-corrected chi connectivity index (χ1v) is 7.90. The minimum Gasteiger partial charge on any atom is -0.496 e. The average molecular weight is 459 g/mol. The molecule has 1 amide bonds. The van der Waals surface area contributed by atoms with Crippen molar-refractivity contribution >= 4 is 50.6 Å². The highest BCUT2D eigenvalue weighted by atomic mass is 127. The zero-order valence-electron chi connectivity index (χ0n) is 11.1. The molecule has 2 aromatic carbocycles. The van der Waals surface area contributed by atoms with Crippen molar-refractivity contribution in [2.45, 2.75) is 0 Å². The Labute approximate surface area is 144 Å². The lowest BCUT2D eigenvalue weighted by atomic mass is 10.2. The second-order valence-corrected chi connectivity index (χ2v) is 6.20. The van der Waals surface area contributed by atoms with Gasteiger partial charge < -0.3 is 4.74 Å². The van der Waals surface area contributed by atoms with E-state index in [4.69, 9.17) is 4.74 Å². The van der Waals surface area contributed by atoms with Gasteiger partial charge in [-0.05, 0) is 86.5 Å². The predicted octanol–water partition coefficient (Wildman–Crippen LogP) is 3.83. The lowest BCUT2D eigenvalue weighted by molar-refractivity contribution is 0.0955. The fourth-order valence-corrected chi connectivity index (χ4v) is 2.51. The van der Waals surface area contributed by atoms with Crippen molar-refractivity contribution in [3.8, 4) is 5.75 Å². The fourth-order valence-electron chi connectivity index (χ4n) is 1.59. The average Bonchev–Trinajstić information content (AvgIpc) is 2.48. The van der Waals surface area contributed by atoms with Crippen molar-refractivity contribution < 1.29 is 9.53 Å². The maximum atomic E-state index is 11.9. The summed E-state index contributed by atoms with van der Waals surface area (Å²) in [5.41, 5.74) is 3.92. The molecule has 0 saturated heterocycles. The number of hydrogen-bond acceptors (Lipinski definition) is 3. The van der Waals surface area contributed by atoms with Crippen LogP contribution >= 0.6 is 38.5 Å². The van der Waals surface area contributed by atoms with Gasteiger partial charge in [0.25, 0.3) is 5.91 Å². The molecule has 0 fully saturated rings. The van der Waals surface area contributed by atoms with Crippen LogP contribution in [0.25, 0.3) is 0 Å². The molecule has 0 aliphatic heterocycles. The van der Waals surface area contributed by atoms with Gasteiger partial charge in [0.2, 0.25) is 0 Å². The number of carbonyl (C=O) groups is 1. The van der Waals surface area contributed by atoms with E-state index >= 15 is 0 Å². The highest BCUT2D eigenvalue weighted by Crippen LogP contribution is 2.24. The number of nitrogens with one attached hydrogen (secondary N) is 1. The maximum absolute atomic E-state index is 11.9. The molecule has 4 nitrogen and oxygen atoms in total. The van der Waals surface area contributed by atoms with Crippen LogP contribution in [0.2, 0.25) is 0 Å². The molecule has 21 heavy (non-hydrogen) atoms. The molecule has 0 heterocycles. The second-order valence-electron chi connectivity index (χ2n) is 4.10. The quantitative estimate of drug-likeness (QED) is 0.430. The van der Waals surface area contributed by atoms with E-state index in [1.165, 1.54) is 0 Å². The molecule has 0 spiro atoms. The van der Waals surface area contributed by atoms with Crippen molar-refractivity contribution in [1.82, 2.24) is 5.43 Å². The zero-order valence-corrected chi connectivity index (χ0v) is 14.9. The summed E-state index contributed by atoms with van der Waals surface area (Å²) >= 11 is 5.59. The molecule has 0 atom stereocenters. The molecule has 0 bridgehead atoms. The molecule has 0 aliphatic carbocycles. The van der Waals surface area contributed by atoms with E-state index in [1.807, 2.05) is 30.3 Å². The summed E-state index contributed by atoms with van der Waals surface area (Å²) in [4.78, 5) is 11.9. The first-order valence-electron chi connectivity index (χ1n) is 6.02. The highest BCUT2D eigenvalue weighted by Gasteiger charge is 2.03. The van der Waals surface area contributed by atoms with Crippen molar-refractivity contribution in [3.05, 3.63) is 61.6 Å². The van der Waals surface area contributed by atoms with Gasteiger partial charge in [-0.15, -0.1) is 0 Å². The number of rotatable bonds is 4. The number of nitrogens with zero attached hydrogens (tertiary/aromatic N) is 1. The van der Waals surface area contributed by atoms with Crippen LogP contribution < -0.4 is 10.2 Å². The third kappa shape index (κ3) is 4.53. The Morgan fingerprint density at radius 3 is 2.62 bits per heavy atom. The molecule has 1 N–H and O–H groups in total. The molecule has 2 rings (SSSR count). The first kappa shape index (κ1) is 16.0. The minimum atomic E-state index is -0.241. The van der Waals surface area contributed by atoms with Gasteiger partial charge in [-0.2, -0.15) is 5.10 Å². The lowest BCUT2D eigenvalue weighted by Gasteiger charge is -2.03. The van der Waals surface area contributed by atoms with Gasteiger partial charge in [0.1, 0.15) is 5.75 Å². The van der Waals surface area contributed by atoms with Crippen LogP contribution in [0, 0.1) is 3.57 Å². The lowest BCUT2D eigenvalue weighted by Crippen LogP contribution is -2.17. The van der Waals surface area contributed by atoms with Crippen LogP contribution in [0.4, 0.5) is 0 Å². The van der Waals surface area contributed by atoms with Crippen molar-refractivity contribution in [2.75, 3.05) is 7.11 Å². The number of hydrazone groups is 1. The van der Waals surface area contributed by atoms with E-state index in [9.17, 15) is 4.79 Å². The number of methoxy groups -OCH3 is 1. The number of hydrogen-bond donors (Lipinski definition) is 1. The number of amides is 1. The van der Waals surface area contributed by atoms with Crippen molar-refractivity contribution in [2.24, 2.45) is 5.10 Å². The normalized spacial score (nSPS) is 10.6. The van der Waals surface area contributed by atoms with E-state index in [0.717, 1.165) is 19.4 Å². The van der Waals surface area contributed by atoms with Gasteiger partial charge in [-0.3, -0.25) is 4.79 Å². The Balaban J connectivity index is 2.00. The standard InChI is InChI=1S/C15H12BrIN2O2/c1-21-14-7-2-10(8-13(14)16)9-18-19-15(20)11-3-5-12(17)6-4-11/h2-9H,1H3,(H,19,20)/b18-9-. The molecule has 0 unspecified atom stereocenters. The monoisotopic (exact) mass is 458 g/mol. The number of ether oxygens (including phenoxy) is 1. The van der Waals surface area contributed by atoms with E-state index in [-0.39, 0.29) is 5.91 Å². The first-order chi connectivity index (χ1) is 10.1. The van der Waals surface area contributed by atoms with Gasteiger partial charge in [0.15, 0.2) is 0 Å². The van der Waals surface area contributed by atoms with Gasteiger partial charge in [0.05, 0.1) is 17.8 Å². The molecule has 0 radical (unpaired) electrons. The van der Waals surface area contributed by atoms with Crippen LogP contribution in [-0.4, -0.2) is 19.2 Å². The predicted molar refractivity (Wildman–Crippen MR) is 94.9 cm³/mol. The molecular formula is C15H12BrIN2O2. The molecule has 6 heteroatoms. The summed E-state index contributed by atoms with van der Waals surface area (Å²) in [6, 6.07) is 12.8. The van der Waals surface area contributed by atoms with Gasteiger partial charge in [-0.1, -0.05) is 0 Å². The molecule has 108 valence electrons. The van der Waals surface area contributed by atoms with Gasteiger partial charge >= 0.3 is 0 Å². The Kier molecular flexibility index (Phi) is 5.75. The van der Waals surface area contributed by atoms with E-state index in [0.29, 0.717) is 5.56 Å². The van der Waals surface area contributed by atoms with Crippen molar-refractivity contribution in [1.29, 1.82) is 0 Å². The Morgan fingerprint density at radius 2 is 2.00 bits per heavy atom. The van der Waals surface area contributed by atoms with Crippen LogP contribution in [0.3, 0.4) is 0 Å². The minimum absolute atomic E-state index is 0.241. The zero-order chi connectivity index (χ0) is 15.2. The molecule has 0 aliphatic rings. The van der Waals surface area contributed by atoms with Crippen LogP contribution in [0.5, 0.6) is 5.75 Å². The van der Waals surface area contributed by atoms with Crippen molar-refractivity contribution in [3.63, 3.8) is 0 Å². The fraction of sp³-hybridized carbons (Fsp3) is 0.0667. The summed E-state index contributed by atoms with van der Waals surface area (Å²) in [7, 11) is 1.61. The van der Waals surface area contributed by atoms with E-state index < -0.39 is 0 Å². The summed E-state index contributed by atoms with van der Waals surface area (Å²) in [6.45, 7) is 0. The Bertz CT molecular complexity index is 672. The molecule has 0 saturated carbocycles. The SMILES string of the molecule is COc1ccc(/C=N\NC(=O)c2ccc(I)cc2)cc1Br. The van der Waals surface area contributed by atoms with Crippen LogP contribution in [0.15, 0.2) is 52.0 Å². The van der Waals surface area contributed by atoms with Crippen LogP contribution in [0.1, 0.15) is 15.9 Å². The molecule has 2 aromatic rings. The summed E-state index contributed by atoms with van der Waals surface area (Å²) < 4.78 is 7.06. The third-order valence-electron chi connectivity index (χ3n) is 2.66. The largest absolute Gasteiger partial charge is 0.496 e.